The van der Waals surface area contributed by atoms with Crippen LogP contribution in [0.4, 0.5) is 0 Å². The van der Waals surface area contributed by atoms with Crippen molar-refractivity contribution in [3.63, 3.8) is 0 Å². The lowest BCUT2D eigenvalue weighted by molar-refractivity contribution is 0.0659. The number of fused-ring (bicyclic) bond motifs is 1. The summed E-state index contributed by atoms with van der Waals surface area (Å²) in [5.41, 5.74) is 4.30. The number of hydrogen-bond acceptors (Lipinski definition) is 6. The van der Waals surface area contributed by atoms with E-state index in [1.807, 2.05) is 29.2 Å². The smallest absolute Gasteiger partial charge is 0.274 e. The summed E-state index contributed by atoms with van der Waals surface area (Å²) in [5, 5.41) is 9.45. The van der Waals surface area contributed by atoms with Gasteiger partial charge in [0.1, 0.15) is 16.4 Å². The number of piperidine rings is 1. The highest BCUT2D eigenvalue weighted by Gasteiger charge is 2.29. The monoisotopic (exact) mass is 446 g/mol. The van der Waals surface area contributed by atoms with Gasteiger partial charge in [-0.25, -0.2) is 4.98 Å². The molecule has 4 heterocycles. The van der Waals surface area contributed by atoms with Crippen LogP contribution in [0.2, 0.25) is 0 Å². The van der Waals surface area contributed by atoms with Gasteiger partial charge in [0, 0.05) is 42.5 Å². The van der Waals surface area contributed by atoms with Crippen LogP contribution in [0.5, 0.6) is 0 Å². The second-order valence-corrected chi connectivity index (χ2v) is 9.49. The predicted molar refractivity (Wildman–Crippen MR) is 128 cm³/mol. The number of likely N-dealkylation sites (tertiary alicyclic amines) is 1. The third kappa shape index (κ3) is 3.69. The van der Waals surface area contributed by atoms with E-state index in [0.29, 0.717) is 11.7 Å². The summed E-state index contributed by atoms with van der Waals surface area (Å²) in [6, 6.07) is 10.5. The number of aromatic nitrogens is 4. The number of thiazole rings is 1. The number of amides is 1. The zero-order valence-electron chi connectivity index (χ0n) is 18.5. The van der Waals surface area contributed by atoms with E-state index in [1.54, 1.807) is 12.4 Å². The molecule has 8 heteroatoms. The van der Waals surface area contributed by atoms with E-state index in [-0.39, 0.29) is 5.91 Å². The van der Waals surface area contributed by atoms with Gasteiger partial charge >= 0.3 is 0 Å². The SMILES string of the molecule is Cc1cccc2c(-c3nc(C(=O)N4CCC(N(C)C)CC4)c(-c4cccnc4)s3)n[nH]c12. The summed E-state index contributed by atoms with van der Waals surface area (Å²) in [4.78, 5) is 27.7. The number of benzene rings is 1. The molecule has 0 bridgehead atoms. The van der Waals surface area contributed by atoms with E-state index >= 15 is 0 Å². The van der Waals surface area contributed by atoms with Gasteiger partial charge in [-0.1, -0.05) is 24.3 Å². The number of aromatic amines is 1. The Morgan fingerprint density at radius 1 is 1.19 bits per heavy atom. The Balaban J connectivity index is 1.55. The van der Waals surface area contributed by atoms with E-state index in [4.69, 9.17) is 4.98 Å². The largest absolute Gasteiger partial charge is 0.337 e. The van der Waals surface area contributed by atoms with E-state index in [1.165, 1.54) is 11.3 Å². The van der Waals surface area contributed by atoms with Gasteiger partial charge in [0.2, 0.25) is 0 Å². The normalized spacial score (nSPS) is 15.1. The number of para-hydroxylation sites is 1. The van der Waals surface area contributed by atoms with Crippen LogP contribution in [0.15, 0.2) is 42.7 Å². The number of aryl methyl sites for hydroxylation is 1. The van der Waals surface area contributed by atoms with Crippen molar-refractivity contribution in [2.75, 3.05) is 27.2 Å². The molecule has 1 aromatic carbocycles. The molecule has 0 saturated carbocycles. The van der Waals surface area contributed by atoms with Crippen LogP contribution in [0.1, 0.15) is 28.9 Å². The van der Waals surface area contributed by atoms with E-state index < -0.39 is 0 Å². The Morgan fingerprint density at radius 3 is 2.72 bits per heavy atom. The minimum absolute atomic E-state index is 0.0143. The summed E-state index contributed by atoms with van der Waals surface area (Å²) < 4.78 is 0. The highest BCUT2D eigenvalue weighted by Crippen LogP contribution is 2.38. The van der Waals surface area contributed by atoms with Crippen molar-refractivity contribution >= 4 is 28.1 Å². The fourth-order valence-corrected chi connectivity index (χ4v) is 5.39. The highest BCUT2D eigenvalue weighted by molar-refractivity contribution is 7.18. The zero-order valence-corrected chi connectivity index (χ0v) is 19.3. The molecule has 7 nitrogen and oxygen atoms in total. The maximum Gasteiger partial charge on any atom is 0.274 e. The Bertz CT molecular complexity index is 1250. The number of nitrogens with one attached hydrogen (secondary N) is 1. The second kappa shape index (κ2) is 8.44. The molecule has 1 fully saturated rings. The standard InChI is InChI=1S/C24H26N6OS/c1-15-6-4-8-18-19(15)27-28-20(18)23-26-21(22(32-23)16-7-5-11-25-14-16)24(31)30-12-9-17(10-13-30)29(2)3/h4-8,11,14,17H,9-10,12-13H2,1-3H3,(H,27,28). The zero-order chi connectivity index (χ0) is 22.2. The van der Waals surface area contributed by atoms with Crippen LogP contribution in [0, 0.1) is 6.92 Å². The van der Waals surface area contributed by atoms with Crippen LogP contribution in [-0.4, -0.2) is 69.1 Å². The molecule has 1 N–H and O–H groups in total. The van der Waals surface area contributed by atoms with Crippen LogP contribution >= 0.6 is 11.3 Å². The molecule has 5 rings (SSSR count). The van der Waals surface area contributed by atoms with Crippen molar-refractivity contribution in [1.29, 1.82) is 0 Å². The highest BCUT2D eigenvalue weighted by atomic mass is 32.1. The van der Waals surface area contributed by atoms with Gasteiger partial charge in [0.25, 0.3) is 5.91 Å². The Hall–Kier alpha value is -3.10. The molecule has 1 amide bonds. The summed E-state index contributed by atoms with van der Waals surface area (Å²) in [6.45, 7) is 3.54. The number of H-pyrrole nitrogens is 1. The second-order valence-electron chi connectivity index (χ2n) is 8.50. The minimum atomic E-state index is -0.0143. The van der Waals surface area contributed by atoms with Crippen LogP contribution in [0.25, 0.3) is 32.0 Å². The van der Waals surface area contributed by atoms with Gasteiger partial charge in [-0.2, -0.15) is 5.10 Å². The van der Waals surface area contributed by atoms with Crippen molar-refractivity contribution < 1.29 is 4.79 Å². The van der Waals surface area contributed by atoms with Crippen molar-refractivity contribution in [2.45, 2.75) is 25.8 Å². The summed E-state index contributed by atoms with van der Waals surface area (Å²) >= 11 is 1.50. The number of nitrogens with zero attached hydrogens (tertiary/aromatic N) is 5. The molecule has 4 aromatic rings. The lowest BCUT2D eigenvalue weighted by Crippen LogP contribution is -2.44. The van der Waals surface area contributed by atoms with Crippen LogP contribution in [-0.2, 0) is 0 Å². The molecule has 0 radical (unpaired) electrons. The Morgan fingerprint density at radius 2 is 2.00 bits per heavy atom. The molecule has 164 valence electrons. The molecule has 32 heavy (non-hydrogen) atoms. The number of carbonyl (C=O) groups excluding carboxylic acids is 1. The van der Waals surface area contributed by atoms with E-state index in [0.717, 1.165) is 63.5 Å². The van der Waals surface area contributed by atoms with Crippen molar-refractivity contribution in [1.82, 2.24) is 30.0 Å². The Labute approximate surface area is 191 Å². The van der Waals surface area contributed by atoms with Gasteiger partial charge in [-0.3, -0.25) is 14.9 Å². The van der Waals surface area contributed by atoms with Gasteiger partial charge < -0.3 is 9.80 Å². The summed E-state index contributed by atoms with van der Waals surface area (Å²) in [6.07, 6.45) is 5.48. The van der Waals surface area contributed by atoms with Crippen molar-refractivity contribution in [3.8, 4) is 21.1 Å². The minimum Gasteiger partial charge on any atom is -0.337 e. The fraction of sp³-hybridized carbons (Fsp3) is 0.333. The third-order valence-corrected chi connectivity index (χ3v) is 7.36. The maximum absolute atomic E-state index is 13.6. The summed E-state index contributed by atoms with van der Waals surface area (Å²) in [5.74, 6) is -0.0143. The number of carbonyl (C=O) groups is 1. The average molecular weight is 447 g/mol. The first kappa shape index (κ1) is 20.8. The fourth-order valence-electron chi connectivity index (χ4n) is 4.34. The average Bonchev–Trinajstić information content (AvgIpc) is 3.44. The summed E-state index contributed by atoms with van der Waals surface area (Å²) in [7, 11) is 4.20. The van der Waals surface area contributed by atoms with E-state index in [9.17, 15) is 4.79 Å². The van der Waals surface area contributed by atoms with Gasteiger partial charge in [0.15, 0.2) is 0 Å². The lowest BCUT2D eigenvalue weighted by Gasteiger charge is -2.35. The molecule has 0 atom stereocenters. The van der Waals surface area contributed by atoms with Crippen LogP contribution < -0.4 is 0 Å². The van der Waals surface area contributed by atoms with Gasteiger partial charge in [0.05, 0.1) is 10.4 Å². The first-order valence-electron chi connectivity index (χ1n) is 10.8. The molecule has 0 unspecified atom stereocenters. The molecule has 3 aromatic heterocycles. The van der Waals surface area contributed by atoms with Crippen molar-refractivity contribution in [2.24, 2.45) is 0 Å². The molecule has 0 aliphatic carbocycles. The molecular weight excluding hydrogens is 420 g/mol. The van der Waals surface area contributed by atoms with Crippen molar-refractivity contribution in [3.05, 3.63) is 54.0 Å². The first-order chi connectivity index (χ1) is 15.5. The Kier molecular flexibility index (Phi) is 5.48. The molecular formula is C24H26N6OS. The van der Waals surface area contributed by atoms with Crippen LogP contribution in [0.3, 0.4) is 0 Å². The van der Waals surface area contributed by atoms with Gasteiger partial charge in [-0.05, 0) is 45.5 Å². The van der Waals surface area contributed by atoms with E-state index in [2.05, 4.69) is 47.2 Å². The quantitative estimate of drug-likeness (QED) is 0.508. The first-order valence-corrected chi connectivity index (χ1v) is 11.7. The third-order valence-electron chi connectivity index (χ3n) is 6.25. The molecule has 0 spiro atoms. The molecule has 1 aliphatic heterocycles. The topological polar surface area (TPSA) is 78.0 Å². The molecule has 1 saturated heterocycles. The lowest BCUT2D eigenvalue weighted by atomic mass is 10.0. The maximum atomic E-state index is 13.6. The van der Waals surface area contributed by atoms with Gasteiger partial charge in [-0.15, -0.1) is 11.3 Å². The predicted octanol–water partition coefficient (Wildman–Crippen LogP) is 4.22. The number of pyridine rings is 1. The molecule has 1 aliphatic rings. The number of rotatable bonds is 4. The number of hydrogen-bond donors (Lipinski definition) is 1.